The largest absolute Gasteiger partial charge is 0.476 e. The van der Waals surface area contributed by atoms with Crippen molar-refractivity contribution in [2.24, 2.45) is 0 Å². The van der Waals surface area contributed by atoms with Crippen molar-refractivity contribution < 1.29 is 9.90 Å². The molecule has 0 radical (unpaired) electrons. The van der Waals surface area contributed by atoms with Gasteiger partial charge in [0.05, 0.1) is 5.01 Å². The Labute approximate surface area is 87.9 Å². The van der Waals surface area contributed by atoms with Gasteiger partial charge in [-0.05, 0) is 6.92 Å². The Balaban J connectivity index is 2.38. The summed E-state index contributed by atoms with van der Waals surface area (Å²) in [6, 6.07) is 0. The number of rotatable bonds is 2. The Bertz CT molecular complexity index is 475. The van der Waals surface area contributed by atoms with Crippen molar-refractivity contribution in [3.63, 3.8) is 0 Å². The zero-order chi connectivity index (χ0) is 10.1. The van der Waals surface area contributed by atoms with Crippen LogP contribution in [0.3, 0.4) is 0 Å². The lowest BCUT2D eigenvalue weighted by atomic mass is 10.4. The molecule has 0 amide bonds. The first-order valence-corrected chi connectivity index (χ1v) is 5.54. The molecule has 4 nitrogen and oxygen atoms in total. The maximum atomic E-state index is 10.6. The number of carboxylic acid groups (broad SMARTS) is 1. The molecule has 6 heteroatoms. The van der Waals surface area contributed by atoms with E-state index < -0.39 is 5.97 Å². The number of aromatic carboxylic acids is 1. The lowest BCUT2D eigenvalue weighted by Gasteiger charge is -1.86. The van der Waals surface area contributed by atoms with Gasteiger partial charge in [-0.25, -0.2) is 14.8 Å². The standard InChI is InChI=1S/C8H6N2O2S2/c1-4-9-5(2-13-4)6-3-14-7(10-6)8(11)12/h2-3H,1H3,(H,11,12). The van der Waals surface area contributed by atoms with E-state index >= 15 is 0 Å². The molecule has 0 saturated carbocycles. The first-order valence-electron chi connectivity index (χ1n) is 3.78. The average molecular weight is 226 g/mol. The molecule has 0 spiro atoms. The Morgan fingerprint density at radius 1 is 1.29 bits per heavy atom. The van der Waals surface area contributed by atoms with Crippen molar-refractivity contribution in [1.82, 2.24) is 9.97 Å². The van der Waals surface area contributed by atoms with Crippen LogP contribution >= 0.6 is 22.7 Å². The molecule has 14 heavy (non-hydrogen) atoms. The topological polar surface area (TPSA) is 63.1 Å². The van der Waals surface area contributed by atoms with Crippen molar-refractivity contribution >= 4 is 28.6 Å². The molecule has 72 valence electrons. The van der Waals surface area contributed by atoms with Gasteiger partial charge in [0.15, 0.2) is 0 Å². The summed E-state index contributed by atoms with van der Waals surface area (Å²) in [5.41, 5.74) is 1.38. The second kappa shape index (κ2) is 3.47. The molecule has 2 rings (SSSR count). The zero-order valence-corrected chi connectivity index (χ0v) is 8.85. The van der Waals surface area contributed by atoms with E-state index in [1.54, 1.807) is 5.38 Å². The first kappa shape index (κ1) is 9.29. The molecule has 2 heterocycles. The fraction of sp³-hybridized carbons (Fsp3) is 0.125. The Kier molecular flexibility index (Phi) is 2.30. The molecular weight excluding hydrogens is 220 g/mol. The SMILES string of the molecule is Cc1nc(-c2csc(C(=O)O)n2)cs1. The summed E-state index contributed by atoms with van der Waals surface area (Å²) in [7, 11) is 0. The highest BCUT2D eigenvalue weighted by Gasteiger charge is 2.11. The third-order valence-corrected chi connectivity index (χ3v) is 3.17. The van der Waals surface area contributed by atoms with Crippen LogP contribution in [0, 0.1) is 6.92 Å². The minimum Gasteiger partial charge on any atom is -0.476 e. The average Bonchev–Trinajstić information content (AvgIpc) is 2.70. The number of carboxylic acids is 1. The van der Waals surface area contributed by atoms with E-state index in [1.807, 2.05) is 12.3 Å². The number of hydrogen-bond donors (Lipinski definition) is 1. The Morgan fingerprint density at radius 2 is 1.93 bits per heavy atom. The maximum absolute atomic E-state index is 10.6. The minimum atomic E-state index is -0.992. The van der Waals surface area contributed by atoms with Crippen molar-refractivity contribution in [2.45, 2.75) is 6.92 Å². The van der Waals surface area contributed by atoms with E-state index in [9.17, 15) is 4.79 Å². The number of thiazole rings is 2. The number of carbonyl (C=O) groups is 1. The fourth-order valence-corrected chi connectivity index (χ4v) is 2.23. The monoisotopic (exact) mass is 226 g/mol. The van der Waals surface area contributed by atoms with E-state index in [0.29, 0.717) is 5.69 Å². The summed E-state index contributed by atoms with van der Waals surface area (Å²) < 4.78 is 0. The maximum Gasteiger partial charge on any atom is 0.365 e. The second-order valence-electron chi connectivity index (χ2n) is 2.59. The number of aromatic nitrogens is 2. The molecule has 0 aliphatic heterocycles. The molecule has 0 bridgehead atoms. The van der Waals surface area contributed by atoms with Gasteiger partial charge >= 0.3 is 5.97 Å². The Morgan fingerprint density at radius 3 is 2.43 bits per heavy atom. The molecule has 0 fully saturated rings. The molecule has 0 unspecified atom stereocenters. The van der Waals surface area contributed by atoms with Gasteiger partial charge in [-0.15, -0.1) is 22.7 Å². The third kappa shape index (κ3) is 1.66. The van der Waals surface area contributed by atoms with E-state index in [4.69, 9.17) is 5.11 Å². The normalized spacial score (nSPS) is 10.4. The summed E-state index contributed by atoms with van der Waals surface area (Å²) in [4.78, 5) is 18.8. The smallest absolute Gasteiger partial charge is 0.365 e. The number of nitrogens with zero attached hydrogens (tertiary/aromatic N) is 2. The van der Waals surface area contributed by atoms with Crippen LogP contribution in [0.5, 0.6) is 0 Å². The first-order chi connectivity index (χ1) is 6.66. The molecule has 0 aliphatic carbocycles. The van der Waals surface area contributed by atoms with Crippen LogP contribution in [-0.2, 0) is 0 Å². The number of aryl methyl sites for hydroxylation is 1. The summed E-state index contributed by atoms with van der Waals surface area (Å²) in [5.74, 6) is -0.992. The van der Waals surface area contributed by atoms with Gasteiger partial charge in [0.2, 0.25) is 5.01 Å². The molecule has 2 aromatic heterocycles. The van der Waals surface area contributed by atoms with E-state index in [2.05, 4.69) is 9.97 Å². The molecule has 0 saturated heterocycles. The van der Waals surface area contributed by atoms with Gasteiger partial charge in [-0.3, -0.25) is 0 Å². The lowest BCUT2D eigenvalue weighted by Crippen LogP contribution is -1.94. The molecule has 0 aliphatic rings. The third-order valence-electron chi connectivity index (χ3n) is 1.57. The summed E-state index contributed by atoms with van der Waals surface area (Å²) in [5, 5.41) is 13.3. The van der Waals surface area contributed by atoms with Gasteiger partial charge in [0.1, 0.15) is 11.4 Å². The Hall–Kier alpha value is -1.27. The van der Waals surface area contributed by atoms with Crippen LogP contribution in [0.25, 0.3) is 11.4 Å². The summed E-state index contributed by atoms with van der Waals surface area (Å²) in [6.45, 7) is 1.90. The zero-order valence-electron chi connectivity index (χ0n) is 7.22. The van der Waals surface area contributed by atoms with Crippen LogP contribution in [0.2, 0.25) is 0 Å². The van der Waals surface area contributed by atoms with Crippen molar-refractivity contribution in [2.75, 3.05) is 0 Å². The number of hydrogen-bond acceptors (Lipinski definition) is 5. The fourth-order valence-electron chi connectivity index (χ4n) is 0.971. The molecular formula is C8H6N2O2S2. The van der Waals surface area contributed by atoms with Crippen LogP contribution < -0.4 is 0 Å². The summed E-state index contributed by atoms with van der Waals surface area (Å²) >= 11 is 2.64. The van der Waals surface area contributed by atoms with Crippen LogP contribution in [-0.4, -0.2) is 21.0 Å². The van der Waals surface area contributed by atoms with Gasteiger partial charge in [-0.1, -0.05) is 0 Å². The van der Waals surface area contributed by atoms with Gasteiger partial charge in [0.25, 0.3) is 0 Å². The quantitative estimate of drug-likeness (QED) is 0.853. The highest BCUT2D eigenvalue weighted by molar-refractivity contribution is 7.12. The van der Waals surface area contributed by atoms with E-state index in [-0.39, 0.29) is 5.01 Å². The highest BCUT2D eigenvalue weighted by Crippen LogP contribution is 2.23. The van der Waals surface area contributed by atoms with Crippen molar-refractivity contribution in [3.8, 4) is 11.4 Å². The predicted molar refractivity (Wildman–Crippen MR) is 54.9 cm³/mol. The molecule has 0 aromatic carbocycles. The van der Waals surface area contributed by atoms with Crippen LogP contribution in [0.4, 0.5) is 0 Å². The van der Waals surface area contributed by atoms with Gasteiger partial charge < -0.3 is 5.11 Å². The minimum absolute atomic E-state index is 0.102. The highest BCUT2D eigenvalue weighted by atomic mass is 32.1. The van der Waals surface area contributed by atoms with Crippen LogP contribution in [0.1, 0.15) is 14.8 Å². The predicted octanol–water partition coefficient (Wildman–Crippen LogP) is 2.27. The van der Waals surface area contributed by atoms with E-state index in [1.165, 1.54) is 11.3 Å². The van der Waals surface area contributed by atoms with Gasteiger partial charge in [0, 0.05) is 10.8 Å². The molecule has 1 N–H and O–H groups in total. The van der Waals surface area contributed by atoms with Crippen LogP contribution in [0.15, 0.2) is 10.8 Å². The van der Waals surface area contributed by atoms with Crippen molar-refractivity contribution in [3.05, 3.63) is 20.8 Å². The van der Waals surface area contributed by atoms with Gasteiger partial charge in [-0.2, -0.15) is 0 Å². The molecule has 2 aromatic rings. The molecule has 0 atom stereocenters. The van der Waals surface area contributed by atoms with E-state index in [0.717, 1.165) is 22.0 Å². The second-order valence-corrected chi connectivity index (χ2v) is 4.52. The summed E-state index contributed by atoms with van der Waals surface area (Å²) in [6.07, 6.45) is 0. The van der Waals surface area contributed by atoms with Crippen molar-refractivity contribution in [1.29, 1.82) is 0 Å². The lowest BCUT2D eigenvalue weighted by molar-refractivity contribution is 0.0696.